The van der Waals surface area contributed by atoms with E-state index in [0.717, 1.165) is 23.8 Å². The number of nitrogens with one attached hydrogen (secondary N) is 1. The first-order valence-electron chi connectivity index (χ1n) is 6.28. The third kappa shape index (κ3) is 5.06. The third-order valence-electron chi connectivity index (χ3n) is 2.73. The van der Waals surface area contributed by atoms with Crippen LogP contribution >= 0.6 is 0 Å². The van der Waals surface area contributed by atoms with Gasteiger partial charge in [0.25, 0.3) is 0 Å². The number of benzene rings is 1. The number of unbranched alkanes of at least 4 members (excludes halogenated alkanes) is 2. The molecule has 0 bridgehead atoms. The van der Waals surface area contributed by atoms with Crippen LogP contribution in [0, 0.1) is 5.92 Å². The summed E-state index contributed by atoms with van der Waals surface area (Å²) < 4.78 is 0. The molecule has 16 heavy (non-hydrogen) atoms. The predicted octanol–water partition coefficient (Wildman–Crippen LogP) is 3.90. The van der Waals surface area contributed by atoms with Gasteiger partial charge in [-0.25, -0.2) is 0 Å². The minimum Gasteiger partial charge on any atom is -0.397 e. The van der Waals surface area contributed by atoms with Gasteiger partial charge in [0.2, 0.25) is 0 Å². The van der Waals surface area contributed by atoms with Gasteiger partial charge in [-0.2, -0.15) is 0 Å². The van der Waals surface area contributed by atoms with Crippen molar-refractivity contribution in [2.45, 2.75) is 39.5 Å². The Morgan fingerprint density at radius 3 is 2.56 bits per heavy atom. The number of para-hydroxylation sites is 2. The minimum absolute atomic E-state index is 0.831. The second kappa shape index (κ2) is 7.15. The van der Waals surface area contributed by atoms with E-state index in [2.05, 4.69) is 19.2 Å². The molecule has 3 N–H and O–H groups in total. The van der Waals surface area contributed by atoms with Crippen LogP contribution in [-0.2, 0) is 0 Å². The van der Waals surface area contributed by atoms with Crippen LogP contribution in [-0.4, -0.2) is 6.54 Å². The first kappa shape index (κ1) is 12.9. The topological polar surface area (TPSA) is 38.0 Å². The standard InChI is InChI=1S/C14H24N2/c1-12(2)8-4-3-7-11-16-14-10-6-5-9-13(14)15/h5-6,9-10,12,16H,3-4,7-8,11,15H2,1-2H3. The van der Waals surface area contributed by atoms with Crippen molar-refractivity contribution in [3.63, 3.8) is 0 Å². The maximum atomic E-state index is 5.84. The Kier molecular flexibility index (Phi) is 5.76. The lowest BCUT2D eigenvalue weighted by molar-refractivity contribution is 0.531. The summed E-state index contributed by atoms with van der Waals surface area (Å²) in [6.07, 6.45) is 5.20. The molecule has 0 fully saturated rings. The van der Waals surface area contributed by atoms with Crippen LogP contribution in [0.25, 0.3) is 0 Å². The zero-order valence-electron chi connectivity index (χ0n) is 10.5. The van der Waals surface area contributed by atoms with Crippen molar-refractivity contribution >= 4 is 11.4 Å². The van der Waals surface area contributed by atoms with Gasteiger partial charge in [0.1, 0.15) is 0 Å². The second-order valence-corrected chi connectivity index (χ2v) is 4.76. The molecule has 1 rings (SSSR count). The SMILES string of the molecule is CC(C)CCCCCNc1ccccc1N. The molecule has 2 heteroatoms. The molecule has 0 saturated heterocycles. The average Bonchev–Trinajstić information content (AvgIpc) is 2.25. The summed E-state index contributed by atoms with van der Waals surface area (Å²) in [5.74, 6) is 0.831. The highest BCUT2D eigenvalue weighted by molar-refractivity contribution is 5.65. The van der Waals surface area contributed by atoms with E-state index < -0.39 is 0 Å². The summed E-state index contributed by atoms with van der Waals surface area (Å²) in [4.78, 5) is 0. The predicted molar refractivity (Wildman–Crippen MR) is 72.7 cm³/mol. The van der Waals surface area contributed by atoms with Crippen LogP contribution in [0.2, 0.25) is 0 Å². The van der Waals surface area contributed by atoms with E-state index in [1.165, 1.54) is 25.7 Å². The second-order valence-electron chi connectivity index (χ2n) is 4.76. The molecule has 0 radical (unpaired) electrons. The van der Waals surface area contributed by atoms with Crippen LogP contribution in [0.15, 0.2) is 24.3 Å². The summed E-state index contributed by atoms with van der Waals surface area (Å²) in [6.45, 7) is 5.58. The summed E-state index contributed by atoms with van der Waals surface area (Å²) in [5.41, 5.74) is 7.74. The highest BCUT2D eigenvalue weighted by atomic mass is 14.9. The average molecular weight is 220 g/mol. The van der Waals surface area contributed by atoms with Crippen LogP contribution < -0.4 is 11.1 Å². The monoisotopic (exact) mass is 220 g/mol. The molecule has 0 spiro atoms. The Labute approximate surface area is 99.2 Å². The molecular formula is C14H24N2. The number of nitrogens with two attached hydrogens (primary N) is 1. The Morgan fingerprint density at radius 2 is 1.88 bits per heavy atom. The smallest absolute Gasteiger partial charge is 0.0573 e. The summed E-state index contributed by atoms with van der Waals surface area (Å²) in [5, 5.41) is 3.38. The van der Waals surface area contributed by atoms with Crippen molar-refractivity contribution in [2.24, 2.45) is 5.92 Å². The molecule has 0 aliphatic heterocycles. The molecule has 90 valence electrons. The molecule has 0 aliphatic carbocycles. The molecule has 1 aromatic carbocycles. The van der Waals surface area contributed by atoms with Gasteiger partial charge in [0, 0.05) is 6.54 Å². The lowest BCUT2D eigenvalue weighted by atomic mass is 10.1. The molecule has 0 unspecified atom stereocenters. The normalized spacial score (nSPS) is 10.7. The number of nitrogen functional groups attached to an aromatic ring is 1. The van der Waals surface area contributed by atoms with E-state index in [1.54, 1.807) is 0 Å². The lowest BCUT2D eigenvalue weighted by Crippen LogP contribution is -2.04. The van der Waals surface area contributed by atoms with Crippen LogP contribution in [0.4, 0.5) is 11.4 Å². The highest BCUT2D eigenvalue weighted by Gasteiger charge is 1.97. The maximum absolute atomic E-state index is 5.84. The Balaban J connectivity index is 2.10. The molecule has 0 aliphatic rings. The van der Waals surface area contributed by atoms with E-state index >= 15 is 0 Å². The summed E-state index contributed by atoms with van der Waals surface area (Å²) in [7, 11) is 0. The number of rotatable bonds is 7. The summed E-state index contributed by atoms with van der Waals surface area (Å²) in [6, 6.07) is 7.94. The maximum Gasteiger partial charge on any atom is 0.0573 e. The summed E-state index contributed by atoms with van der Waals surface area (Å²) >= 11 is 0. The fourth-order valence-electron chi connectivity index (χ4n) is 1.74. The van der Waals surface area contributed by atoms with E-state index in [0.29, 0.717) is 0 Å². The van der Waals surface area contributed by atoms with E-state index in [9.17, 15) is 0 Å². The van der Waals surface area contributed by atoms with Gasteiger partial charge in [-0.1, -0.05) is 45.2 Å². The van der Waals surface area contributed by atoms with Gasteiger partial charge in [-0.3, -0.25) is 0 Å². The van der Waals surface area contributed by atoms with Crippen molar-refractivity contribution in [2.75, 3.05) is 17.6 Å². The number of hydrogen-bond donors (Lipinski definition) is 2. The van der Waals surface area contributed by atoms with Gasteiger partial charge in [-0.05, 0) is 24.5 Å². The molecule has 0 heterocycles. The van der Waals surface area contributed by atoms with Crippen molar-refractivity contribution in [3.8, 4) is 0 Å². The van der Waals surface area contributed by atoms with Crippen LogP contribution in [0.3, 0.4) is 0 Å². The quantitative estimate of drug-likeness (QED) is 0.540. The Bertz CT molecular complexity index is 295. The van der Waals surface area contributed by atoms with Gasteiger partial charge >= 0.3 is 0 Å². The molecule has 0 aromatic heterocycles. The van der Waals surface area contributed by atoms with Gasteiger partial charge in [0.15, 0.2) is 0 Å². The van der Waals surface area contributed by atoms with E-state index in [4.69, 9.17) is 5.73 Å². The van der Waals surface area contributed by atoms with Crippen molar-refractivity contribution < 1.29 is 0 Å². The van der Waals surface area contributed by atoms with Crippen LogP contribution in [0.1, 0.15) is 39.5 Å². The van der Waals surface area contributed by atoms with Crippen molar-refractivity contribution in [3.05, 3.63) is 24.3 Å². The fourth-order valence-corrected chi connectivity index (χ4v) is 1.74. The zero-order chi connectivity index (χ0) is 11.8. The molecule has 0 saturated carbocycles. The fraction of sp³-hybridized carbons (Fsp3) is 0.571. The molecule has 2 nitrogen and oxygen atoms in total. The molecule has 0 amide bonds. The Hall–Kier alpha value is -1.18. The largest absolute Gasteiger partial charge is 0.397 e. The van der Waals surface area contributed by atoms with Gasteiger partial charge in [-0.15, -0.1) is 0 Å². The zero-order valence-corrected chi connectivity index (χ0v) is 10.5. The van der Waals surface area contributed by atoms with Crippen LogP contribution in [0.5, 0.6) is 0 Å². The van der Waals surface area contributed by atoms with Gasteiger partial charge < -0.3 is 11.1 Å². The number of hydrogen-bond acceptors (Lipinski definition) is 2. The highest BCUT2D eigenvalue weighted by Crippen LogP contribution is 2.16. The minimum atomic E-state index is 0.831. The van der Waals surface area contributed by atoms with Crippen molar-refractivity contribution in [1.29, 1.82) is 0 Å². The number of anilines is 2. The lowest BCUT2D eigenvalue weighted by Gasteiger charge is -2.09. The van der Waals surface area contributed by atoms with Gasteiger partial charge in [0.05, 0.1) is 11.4 Å². The van der Waals surface area contributed by atoms with E-state index in [1.807, 2.05) is 24.3 Å². The molecular weight excluding hydrogens is 196 g/mol. The molecule has 1 aromatic rings. The Morgan fingerprint density at radius 1 is 1.12 bits per heavy atom. The first-order valence-corrected chi connectivity index (χ1v) is 6.28. The molecule has 0 atom stereocenters. The first-order chi connectivity index (χ1) is 7.70. The van der Waals surface area contributed by atoms with Crippen molar-refractivity contribution in [1.82, 2.24) is 0 Å². The third-order valence-corrected chi connectivity index (χ3v) is 2.73. The van der Waals surface area contributed by atoms with E-state index in [-0.39, 0.29) is 0 Å².